The van der Waals surface area contributed by atoms with Crippen LogP contribution in [0.3, 0.4) is 0 Å². The van der Waals surface area contributed by atoms with Gasteiger partial charge in [0.25, 0.3) is 11.6 Å². The molecule has 12 heteroatoms. The van der Waals surface area contributed by atoms with E-state index in [-0.39, 0.29) is 32.4 Å². The van der Waals surface area contributed by atoms with Crippen LogP contribution in [-0.4, -0.2) is 27.0 Å². The summed E-state index contributed by atoms with van der Waals surface area (Å²) in [5.41, 5.74) is 0.860. The van der Waals surface area contributed by atoms with Crippen LogP contribution >= 0.6 is 36.0 Å². The summed E-state index contributed by atoms with van der Waals surface area (Å²) in [7, 11) is 0. The van der Waals surface area contributed by atoms with E-state index in [9.17, 15) is 19.7 Å². The second-order valence-electron chi connectivity index (χ2n) is 5.54. The Morgan fingerprint density at radius 2 is 1.48 bits per heavy atom. The van der Waals surface area contributed by atoms with Crippen molar-refractivity contribution >= 4 is 75.1 Å². The van der Waals surface area contributed by atoms with Gasteiger partial charge in [0.2, 0.25) is 5.91 Å². The van der Waals surface area contributed by atoms with Crippen molar-refractivity contribution in [2.45, 2.75) is 6.92 Å². The Balaban J connectivity index is 1.98. The number of carbonyl (C=O) groups is 2. The minimum Gasteiger partial charge on any atom is -0.332 e. The molecule has 9 nitrogen and oxygen atoms in total. The molecule has 4 N–H and O–H groups in total. The van der Waals surface area contributed by atoms with E-state index in [1.807, 2.05) is 0 Å². The van der Waals surface area contributed by atoms with Crippen LogP contribution in [0.25, 0.3) is 0 Å². The number of rotatable bonds is 4. The Morgan fingerprint density at radius 3 is 1.97 bits per heavy atom. The van der Waals surface area contributed by atoms with Gasteiger partial charge in [-0.15, -0.1) is 0 Å². The molecule has 0 radical (unpaired) electrons. The van der Waals surface area contributed by atoms with Crippen molar-refractivity contribution in [2.24, 2.45) is 0 Å². The van der Waals surface area contributed by atoms with Gasteiger partial charge in [-0.2, -0.15) is 0 Å². The van der Waals surface area contributed by atoms with Gasteiger partial charge in [-0.25, -0.2) is 0 Å². The highest BCUT2D eigenvalue weighted by Crippen LogP contribution is 2.22. The molecule has 0 saturated carbocycles. The van der Waals surface area contributed by atoms with Crippen molar-refractivity contribution in [1.82, 2.24) is 10.6 Å². The lowest BCUT2D eigenvalue weighted by molar-refractivity contribution is -0.384. The van der Waals surface area contributed by atoms with Crippen LogP contribution < -0.4 is 21.3 Å². The number of amides is 2. The highest BCUT2D eigenvalue weighted by atomic mass is 35.5. The Bertz CT molecular complexity index is 998. The van der Waals surface area contributed by atoms with Gasteiger partial charge in [-0.1, -0.05) is 11.6 Å². The molecule has 0 saturated heterocycles. The number of anilines is 2. The number of non-ortho nitro benzene ring substituents is 1. The number of halogens is 1. The molecule has 0 aromatic heterocycles. The molecule has 0 fully saturated rings. The molecular formula is C17H14ClN5O4S2. The lowest BCUT2D eigenvalue weighted by Crippen LogP contribution is -2.34. The second-order valence-corrected chi connectivity index (χ2v) is 6.77. The molecule has 0 bridgehead atoms. The predicted molar refractivity (Wildman–Crippen MR) is 118 cm³/mol. The monoisotopic (exact) mass is 451 g/mol. The maximum Gasteiger partial charge on any atom is 0.270 e. The zero-order valence-corrected chi connectivity index (χ0v) is 17.2. The molecule has 150 valence electrons. The zero-order chi connectivity index (χ0) is 21.6. The molecule has 2 rings (SSSR count). The smallest absolute Gasteiger partial charge is 0.270 e. The molecule has 2 amide bonds. The fourth-order valence-corrected chi connectivity index (χ4v) is 2.77. The van der Waals surface area contributed by atoms with Crippen LogP contribution in [-0.2, 0) is 4.79 Å². The molecule has 0 atom stereocenters. The third kappa shape index (κ3) is 6.75. The number of carbonyl (C=O) groups excluding carboxylic acids is 2. The number of nitrogens with one attached hydrogen (secondary N) is 4. The van der Waals surface area contributed by atoms with Crippen LogP contribution in [0, 0.1) is 10.1 Å². The maximum atomic E-state index is 12.3. The number of thiocarbonyl (C=S) groups is 2. The minimum atomic E-state index is -0.685. The molecule has 0 aliphatic heterocycles. The molecule has 0 unspecified atom stereocenters. The molecule has 29 heavy (non-hydrogen) atoms. The summed E-state index contributed by atoms with van der Waals surface area (Å²) < 4.78 is 0. The number of nitro groups is 1. The molecule has 0 aliphatic carbocycles. The molecule has 0 aliphatic rings. The lowest BCUT2D eigenvalue weighted by atomic mass is 10.2. The zero-order valence-electron chi connectivity index (χ0n) is 14.8. The Kier molecular flexibility index (Phi) is 7.53. The topological polar surface area (TPSA) is 125 Å². The molecule has 2 aromatic rings. The standard InChI is InChI=1S/C17H14ClN5O4S2/c1-9(24)19-16(28)20-10-2-4-11(5-3-10)21-17(29)22-15(25)13-8-12(23(26)27)6-7-14(13)18/h2-8H,1H3,(H2,19,20,24,28)(H2,21,22,25,29). The fraction of sp³-hybridized carbons (Fsp3) is 0.0588. The molecular weight excluding hydrogens is 438 g/mol. The van der Waals surface area contributed by atoms with Crippen LogP contribution in [0.4, 0.5) is 17.1 Å². The van der Waals surface area contributed by atoms with E-state index in [0.717, 1.165) is 6.07 Å². The van der Waals surface area contributed by atoms with Gasteiger partial charge >= 0.3 is 0 Å². The molecule has 0 spiro atoms. The third-order valence-corrected chi connectivity index (χ3v) is 4.06. The Hall–Kier alpha value is -3.15. The van der Waals surface area contributed by atoms with Gasteiger partial charge in [-0.05, 0) is 54.8 Å². The van der Waals surface area contributed by atoms with Gasteiger partial charge < -0.3 is 16.0 Å². The Labute approximate surface area is 181 Å². The van der Waals surface area contributed by atoms with E-state index in [2.05, 4.69) is 21.3 Å². The summed E-state index contributed by atoms with van der Waals surface area (Å²) in [5.74, 6) is -0.971. The van der Waals surface area contributed by atoms with Crippen molar-refractivity contribution in [3.8, 4) is 0 Å². The maximum absolute atomic E-state index is 12.3. The summed E-state index contributed by atoms with van der Waals surface area (Å²) in [4.78, 5) is 33.5. The van der Waals surface area contributed by atoms with Gasteiger partial charge in [0.15, 0.2) is 10.2 Å². The van der Waals surface area contributed by atoms with Crippen molar-refractivity contribution in [3.63, 3.8) is 0 Å². The van der Waals surface area contributed by atoms with Crippen LogP contribution in [0.2, 0.25) is 5.02 Å². The highest BCUT2D eigenvalue weighted by Gasteiger charge is 2.16. The lowest BCUT2D eigenvalue weighted by Gasteiger charge is -2.12. The number of nitro benzene ring substituents is 1. The van der Waals surface area contributed by atoms with E-state index in [4.69, 9.17) is 36.0 Å². The van der Waals surface area contributed by atoms with Crippen molar-refractivity contribution in [2.75, 3.05) is 10.6 Å². The SMILES string of the molecule is CC(=O)NC(=S)Nc1ccc(NC(=S)NC(=O)c2cc([N+](=O)[O-])ccc2Cl)cc1. The van der Waals surface area contributed by atoms with Gasteiger partial charge in [0.05, 0.1) is 15.5 Å². The summed E-state index contributed by atoms with van der Waals surface area (Å²) >= 11 is 16.0. The quantitative estimate of drug-likeness (QED) is 0.317. The third-order valence-electron chi connectivity index (χ3n) is 3.32. The number of benzene rings is 2. The summed E-state index contributed by atoms with van der Waals surface area (Å²) in [6.07, 6.45) is 0. The average molecular weight is 452 g/mol. The average Bonchev–Trinajstić information content (AvgIpc) is 2.62. The van der Waals surface area contributed by atoms with E-state index in [0.29, 0.717) is 11.4 Å². The van der Waals surface area contributed by atoms with Crippen LogP contribution in [0.15, 0.2) is 42.5 Å². The van der Waals surface area contributed by atoms with Crippen LogP contribution in [0.1, 0.15) is 17.3 Å². The van der Waals surface area contributed by atoms with Gasteiger partial charge in [0, 0.05) is 30.4 Å². The predicted octanol–water partition coefficient (Wildman–Crippen LogP) is 3.21. The molecule has 2 aromatic carbocycles. The first-order valence-corrected chi connectivity index (χ1v) is 9.10. The number of hydrogen-bond acceptors (Lipinski definition) is 6. The van der Waals surface area contributed by atoms with E-state index >= 15 is 0 Å². The van der Waals surface area contributed by atoms with Gasteiger partial charge in [-0.3, -0.25) is 25.0 Å². The summed E-state index contributed by atoms with van der Waals surface area (Å²) in [6.45, 7) is 1.34. The second kappa shape index (κ2) is 9.87. The van der Waals surface area contributed by atoms with Crippen molar-refractivity contribution in [1.29, 1.82) is 0 Å². The first-order valence-electron chi connectivity index (χ1n) is 7.90. The summed E-state index contributed by atoms with van der Waals surface area (Å²) in [5, 5.41) is 21.5. The van der Waals surface area contributed by atoms with Crippen molar-refractivity contribution in [3.05, 3.63) is 63.2 Å². The fourth-order valence-electron chi connectivity index (χ4n) is 2.09. The number of nitrogens with zero attached hydrogens (tertiary/aromatic N) is 1. The van der Waals surface area contributed by atoms with E-state index in [1.54, 1.807) is 24.3 Å². The van der Waals surface area contributed by atoms with Crippen LogP contribution in [0.5, 0.6) is 0 Å². The number of hydrogen-bond donors (Lipinski definition) is 4. The molecule has 0 heterocycles. The largest absolute Gasteiger partial charge is 0.332 e. The normalized spacial score (nSPS) is 9.86. The first kappa shape index (κ1) is 22.1. The Morgan fingerprint density at radius 1 is 0.966 bits per heavy atom. The first-order chi connectivity index (χ1) is 13.7. The highest BCUT2D eigenvalue weighted by molar-refractivity contribution is 7.80. The van der Waals surface area contributed by atoms with Gasteiger partial charge in [0.1, 0.15) is 0 Å². The minimum absolute atomic E-state index is 0.0213. The van der Waals surface area contributed by atoms with E-state index < -0.39 is 10.8 Å². The summed E-state index contributed by atoms with van der Waals surface area (Å²) in [6, 6.07) is 10.2. The van der Waals surface area contributed by atoms with Crippen molar-refractivity contribution < 1.29 is 14.5 Å². The van der Waals surface area contributed by atoms with E-state index in [1.165, 1.54) is 19.1 Å².